The zero-order chi connectivity index (χ0) is 22.4. The Morgan fingerprint density at radius 1 is 1.29 bits per heavy atom. The van der Waals surface area contributed by atoms with E-state index in [4.69, 9.17) is 9.15 Å². The number of carboxylic acids is 1. The van der Waals surface area contributed by atoms with E-state index < -0.39 is 12.1 Å². The molecule has 31 heavy (non-hydrogen) atoms. The van der Waals surface area contributed by atoms with Crippen LogP contribution in [0.25, 0.3) is 5.57 Å². The molecule has 0 spiro atoms. The molecule has 0 aromatic carbocycles. The van der Waals surface area contributed by atoms with Crippen LogP contribution >= 0.6 is 0 Å². The summed E-state index contributed by atoms with van der Waals surface area (Å²) in [6.45, 7) is 5.95. The van der Waals surface area contributed by atoms with Gasteiger partial charge in [0.1, 0.15) is 11.5 Å². The smallest absolute Gasteiger partial charge is 0.331 e. The van der Waals surface area contributed by atoms with Gasteiger partial charge in [0.2, 0.25) is 5.91 Å². The molecule has 0 radical (unpaired) electrons. The highest BCUT2D eigenvalue weighted by Crippen LogP contribution is 2.26. The molecule has 0 aliphatic heterocycles. The Morgan fingerprint density at radius 2 is 2.06 bits per heavy atom. The van der Waals surface area contributed by atoms with Crippen molar-refractivity contribution < 1.29 is 23.8 Å². The molecule has 1 heterocycles. The van der Waals surface area contributed by atoms with Crippen molar-refractivity contribution in [3.63, 3.8) is 0 Å². The second-order valence-corrected chi connectivity index (χ2v) is 8.02. The van der Waals surface area contributed by atoms with E-state index in [1.54, 1.807) is 6.08 Å². The summed E-state index contributed by atoms with van der Waals surface area (Å²) in [4.78, 5) is 23.7. The number of hydrogen-bond acceptors (Lipinski definition) is 5. The van der Waals surface area contributed by atoms with Crippen molar-refractivity contribution in [1.29, 1.82) is 0 Å². The summed E-state index contributed by atoms with van der Waals surface area (Å²) in [7, 11) is 0. The van der Waals surface area contributed by atoms with Gasteiger partial charge in [-0.1, -0.05) is 32.1 Å². The first-order chi connectivity index (χ1) is 14.9. The molecule has 0 bridgehead atoms. The molecular formula is C24H32N2O5. The first-order valence-corrected chi connectivity index (χ1v) is 11.0. The summed E-state index contributed by atoms with van der Waals surface area (Å²) < 4.78 is 12.1. The molecule has 7 heteroatoms. The van der Waals surface area contributed by atoms with Crippen LogP contribution in [0.1, 0.15) is 58.0 Å². The van der Waals surface area contributed by atoms with Gasteiger partial charge in [0.25, 0.3) is 0 Å². The summed E-state index contributed by atoms with van der Waals surface area (Å²) in [6, 6.07) is 3.17. The highest BCUT2D eigenvalue weighted by Gasteiger charge is 2.37. The van der Waals surface area contributed by atoms with Crippen LogP contribution in [0.15, 0.2) is 46.4 Å². The second-order valence-electron chi connectivity index (χ2n) is 8.02. The van der Waals surface area contributed by atoms with Crippen LogP contribution in [0.5, 0.6) is 0 Å². The molecule has 2 aliphatic rings. The largest absolute Gasteiger partial charge is 0.478 e. The molecular weight excluding hydrogens is 396 g/mol. The third-order valence-electron chi connectivity index (χ3n) is 5.75. The summed E-state index contributed by atoms with van der Waals surface area (Å²) in [5.41, 5.74) is 1.35. The third kappa shape index (κ3) is 5.95. The van der Waals surface area contributed by atoms with Gasteiger partial charge >= 0.3 is 5.97 Å². The fourth-order valence-electron chi connectivity index (χ4n) is 4.07. The number of hydrogen-bond donors (Lipinski definition) is 3. The van der Waals surface area contributed by atoms with Gasteiger partial charge in [-0.15, -0.1) is 0 Å². The minimum absolute atomic E-state index is 0.00771. The minimum Gasteiger partial charge on any atom is -0.478 e. The third-order valence-corrected chi connectivity index (χ3v) is 5.75. The number of furan rings is 1. The van der Waals surface area contributed by atoms with Gasteiger partial charge in [-0.3, -0.25) is 4.79 Å². The lowest BCUT2D eigenvalue weighted by atomic mass is 9.87. The summed E-state index contributed by atoms with van der Waals surface area (Å²) >= 11 is 0. The fraction of sp³-hybridized carbons (Fsp3) is 0.500. The lowest BCUT2D eigenvalue weighted by molar-refractivity contribution is -0.133. The summed E-state index contributed by atoms with van der Waals surface area (Å²) in [5.74, 6) is 0.421. The van der Waals surface area contributed by atoms with Crippen molar-refractivity contribution in [1.82, 2.24) is 10.6 Å². The molecule has 1 aromatic rings. The molecule has 0 unspecified atom stereocenters. The Kier molecular flexibility index (Phi) is 7.87. The van der Waals surface area contributed by atoms with Crippen LogP contribution in [0.3, 0.4) is 0 Å². The van der Waals surface area contributed by atoms with Gasteiger partial charge in [-0.2, -0.15) is 0 Å². The Balaban J connectivity index is 1.77. The zero-order valence-electron chi connectivity index (χ0n) is 18.4. The van der Waals surface area contributed by atoms with Crippen molar-refractivity contribution in [2.75, 3.05) is 0 Å². The minimum atomic E-state index is -0.966. The van der Waals surface area contributed by atoms with E-state index in [2.05, 4.69) is 22.8 Å². The quantitative estimate of drug-likeness (QED) is 0.527. The molecule has 0 saturated carbocycles. The van der Waals surface area contributed by atoms with Gasteiger partial charge < -0.3 is 24.9 Å². The Morgan fingerprint density at radius 3 is 2.68 bits per heavy atom. The summed E-state index contributed by atoms with van der Waals surface area (Å²) in [6.07, 6.45) is 10.2. The van der Waals surface area contributed by atoms with E-state index in [1.807, 2.05) is 32.1 Å². The van der Waals surface area contributed by atoms with E-state index in [0.29, 0.717) is 6.54 Å². The lowest BCUT2D eigenvalue weighted by Gasteiger charge is -2.38. The topological polar surface area (TPSA) is 101 Å². The van der Waals surface area contributed by atoms with E-state index in [0.717, 1.165) is 36.4 Å². The average Bonchev–Trinajstić information content (AvgIpc) is 3.43. The number of carbonyl (C=O) groups is 2. The van der Waals surface area contributed by atoms with Crippen LogP contribution in [0, 0.1) is 0 Å². The molecule has 0 saturated heterocycles. The molecule has 7 nitrogen and oxygen atoms in total. The number of amides is 1. The maximum absolute atomic E-state index is 11.9. The average molecular weight is 429 g/mol. The fourth-order valence-corrected chi connectivity index (χ4v) is 4.07. The number of carbonyl (C=O) groups excluding carboxylic acids is 1. The SMILES string of the molecule is CCC(CC)O[C@@H]1C=C(C(=O)O)C[C@H](NCc2ccc(C3=CCC=C3)o2)[C@H]1NC(C)=O. The van der Waals surface area contributed by atoms with Gasteiger partial charge in [0, 0.05) is 24.1 Å². The summed E-state index contributed by atoms with van der Waals surface area (Å²) in [5, 5.41) is 16.0. The van der Waals surface area contributed by atoms with Gasteiger partial charge in [0.15, 0.2) is 0 Å². The van der Waals surface area contributed by atoms with Gasteiger partial charge in [-0.25, -0.2) is 4.79 Å². The number of carboxylic acid groups (broad SMARTS) is 1. The number of aliphatic carboxylic acids is 1. The normalized spacial score (nSPS) is 23.0. The number of nitrogens with one attached hydrogen (secondary N) is 2. The molecule has 3 N–H and O–H groups in total. The monoisotopic (exact) mass is 428 g/mol. The highest BCUT2D eigenvalue weighted by molar-refractivity contribution is 5.87. The predicted octanol–water partition coefficient (Wildman–Crippen LogP) is 3.57. The number of allylic oxidation sites excluding steroid dienone is 4. The Hall–Kier alpha value is -2.64. The van der Waals surface area contributed by atoms with Crippen LogP contribution in [0.2, 0.25) is 0 Å². The van der Waals surface area contributed by atoms with Crippen molar-refractivity contribution in [3.05, 3.63) is 53.5 Å². The standard InChI is InChI=1S/C24H32N2O5/c1-4-18(5-2)30-22-13-17(24(28)29)12-20(23(22)26-15(3)27)25-14-19-10-11-21(31-19)16-8-6-7-9-16/h6,8-11,13,18,20,22-23,25H,4-5,7,12,14H2,1-3H3,(H,26,27)(H,28,29)/t20-,22+,23+/m0/s1. The van der Waals surface area contributed by atoms with Crippen molar-refractivity contribution in [2.45, 2.75) is 77.3 Å². The lowest BCUT2D eigenvalue weighted by Crippen LogP contribution is -2.58. The van der Waals surface area contributed by atoms with Crippen molar-refractivity contribution >= 4 is 17.4 Å². The van der Waals surface area contributed by atoms with Crippen LogP contribution in [0.4, 0.5) is 0 Å². The molecule has 3 rings (SSSR count). The van der Waals surface area contributed by atoms with Crippen LogP contribution < -0.4 is 10.6 Å². The predicted molar refractivity (Wildman–Crippen MR) is 118 cm³/mol. The number of rotatable bonds is 10. The van der Waals surface area contributed by atoms with Crippen molar-refractivity contribution in [3.8, 4) is 0 Å². The molecule has 168 valence electrons. The zero-order valence-corrected chi connectivity index (χ0v) is 18.4. The van der Waals surface area contributed by atoms with E-state index in [9.17, 15) is 14.7 Å². The van der Waals surface area contributed by atoms with Crippen molar-refractivity contribution in [2.24, 2.45) is 0 Å². The molecule has 2 aliphatic carbocycles. The highest BCUT2D eigenvalue weighted by atomic mass is 16.5. The Bertz CT molecular complexity index is 878. The number of ether oxygens (including phenoxy) is 1. The maximum Gasteiger partial charge on any atom is 0.331 e. The van der Waals surface area contributed by atoms with E-state index >= 15 is 0 Å². The molecule has 1 amide bonds. The maximum atomic E-state index is 11.9. The van der Waals surface area contributed by atoms with E-state index in [1.165, 1.54) is 6.92 Å². The molecule has 0 fully saturated rings. The first kappa shape index (κ1) is 23.0. The molecule has 3 atom stereocenters. The van der Waals surface area contributed by atoms with E-state index in [-0.39, 0.29) is 36.1 Å². The van der Waals surface area contributed by atoms with Crippen LogP contribution in [-0.4, -0.2) is 41.3 Å². The Labute approximate surface area is 183 Å². The van der Waals surface area contributed by atoms with Crippen LogP contribution in [-0.2, 0) is 20.9 Å². The molecule has 1 aromatic heterocycles. The first-order valence-electron chi connectivity index (χ1n) is 11.0. The second kappa shape index (κ2) is 10.6. The van der Waals surface area contributed by atoms with Gasteiger partial charge in [-0.05, 0) is 43.9 Å². The van der Waals surface area contributed by atoms with Gasteiger partial charge in [0.05, 0.1) is 24.8 Å².